The Labute approximate surface area is 164 Å². The fraction of sp³-hybridized carbons (Fsp3) is 0.167. The Morgan fingerprint density at radius 3 is 2.44 bits per heavy atom. The van der Waals surface area contributed by atoms with Gasteiger partial charge in [-0.15, -0.1) is 0 Å². The molecule has 0 bridgehead atoms. The third-order valence-corrected chi connectivity index (χ3v) is 4.87. The van der Waals surface area contributed by atoms with Gasteiger partial charge in [-0.1, -0.05) is 29.3 Å². The zero-order chi connectivity index (χ0) is 18.1. The maximum absolute atomic E-state index is 14.8. The van der Waals surface area contributed by atoms with E-state index in [-0.39, 0.29) is 11.1 Å². The van der Waals surface area contributed by atoms with Gasteiger partial charge in [0, 0.05) is 16.8 Å². The molecule has 0 atom stereocenters. The molecule has 0 saturated carbocycles. The molecule has 0 aliphatic carbocycles. The Kier molecular flexibility index (Phi) is 5.37. The van der Waals surface area contributed by atoms with Crippen LogP contribution in [0.2, 0.25) is 10.0 Å². The Morgan fingerprint density at radius 1 is 1.12 bits per heavy atom. The zero-order valence-electron chi connectivity index (χ0n) is 13.5. The Morgan fingerprint density at radius 2 is 1.80 bits per heavy atom. The molecule has 7 heteroatoms. The normalized spacial score (nSPS) is 11.2. The summed E-state index contributed by atoms with van der Waals surface area (Å²) in [6.07, 6.45) is 1.69. The predicted molar refractivity (Wildman–Crippen MR) is 105 cm³/mol. The number of nitrogens with zero attached hydrogens (tertiary/aromatic N) is 3. The lowest BCUT2D eigenvalue weighted by Gasteiger charge is -2.28. The van der Waals surface area contributed by atoms with Gasteiger partial charge in [-0.2, -0.15) is 0 Å². The molecular formula is C18H15BrCl2FN3. The van der Waals surface area contributed by atoms with Crippen LogP contribution in [0.5, 0.6) is 0 Å². The fourth-order valence-corrected chi connectivity index (χ4v) is 3.61. The first-order valence-electron chi connectivity index (χ1n) is 7.62. The van der Waals surface area contributed by atoms with E-state index in [0.717, 1.165) is 5.69 Å². The lowest BCUT2D eigenvalue weighted by atomic mass is 10.2. The van der Waals surface area contributed by atoms with Crippen molar-refractivity contribution in [2.45, 2.75) is 19.9 Å². The van der Waals surface area contributed by atoms with Crippen LogP contribution in [0, 0.1) is 5.82 Å². The minimum absolute atomic E-state index is 0.0612. The lowest BCUT2D eigenvalue weighted by molar-refractivity contribution is 0.586. The quantitative estimate of drug-likeness (QED) is 0.428. The first-order valence-corrected chi connectivity index (χ1v) is 9.17. The van der Waals surface area contributed by atoms with Gasteiger partial charge >= 0.3 is 0 Å². The molecule has 1 aromatic heterocycles. The van der Waals surface area contributed by atoms with Crippen LogP contribution in [-0.4, -0.2) is 9.55 Å². The average Bonchev–Trinajstić information content (AvgIpc) is 2.95. The molecule has 130 valence electrons. The van der Waals surface area contributed by atoms with Crippen molar-refractivity contribution in [2.75, 3.05) is 4.90 Å². The highest BCUT2D eigenvalue weighted by atomic mass is 79.9. The van der Waals surface area contributed by atoms with Crippen molar-refractivity contribution in [2.24, 2.45) is 0 Å². The van der Waals surface area contributed by atoms with Crippen LogP contribution in [0.25, 0.3) is 0 Å². The number of aromatic nitrogens is 2. The molecule has 0 aliphatic rings. The summed E-state index contributed by atoms with van der Waals surface area (Å²) in [6, 6.07) is 12.2. The number of hydrogen-bond donors (Lipinski definition) is 0. The molecule has 0 spiro atoms. The average molecular weight is 443 g/mol. The van der Waals surface area contributed by atoms with Crippen molar-refractivity contribution in [1.82, 2.24) is 9.55 Å². The minimum Gasteiger partial charge on any atom is -0.302 e. The van der Waals surface area contributed by atoms with Gasteiger partial charge in [0.15, 0.2) is 10.6 Å². The van der Waals surface area contributed by atoms with Gasteiger partial charge < -0.3 is 4.57 Å². The first-order chi connectivity index (χ1) is 11.9. The van der Waals surface area contributed by atoms with Crippen LogP contribution in [-0.2, 0) is 0 Å². The van der Waals surface area contributed by atoms with E-state index in [1.807, 2.05) is 30.5 Å². The highest BCUT2D eigenvalue weighted by Gasteiger charge is 2.23. The second-order valence-corrected chi connectivity index (χ2v) is 7.29. The summed E-state index contributed by atoms with van der Waals surface area (Å²) in [5.74, 6) is 0.220. The molecular weight excluding hydrogens is 428 g/mol. The van der Waals surface area contributed by atoms with Gasteiger partial charge in [-0.3, -0.25) is 4.90 Å². The van der Waals surface area contributed by atoms with Crippen LogP contribution in [0.4, 0.5) is 21.6 Å². The number of rotatable bonds is 4. The summed E-state index contributed by atoms with van der Waals surface area (Å²) >= 11 is 15.5. The molecule has 0 aliphatic heterocycles. The molecule has 25 heavy (non-hydrogen) atoms. The van der Waals surface area contributed by atoms with E-state index in [2.05, 4.69) is 20.9 Å². The molecule has 0 amide bonds. The number of hydrogen-bond acceptors (Lipinski definition) is 2. The van der Waals surface area contributed by atoms with E-state index in [0.29, 0.717) is 21.3 Å². The molecule has 2 aromatic carbocycles. The van der Waals surface area contributed by atoms with Crippen LogP contribution >= 0.6 is 39.1 Å². The van der Waals surface area contributed by atoms with E-state index in [1.54, 1.807) is 35.4 Å². The van der Waals surface area contributed by atoms with E-state index >= 15 is 0 Å². The maximum atomic E-state index is 14.8. The van der Waals surface area contributed by atoms with Crippen molar-refractivity contribution in [3.05, 3.63) is 69.3 Å². The zero-order valence-corrected chi connectivity index (χ0v) is 16.6. The third kappa shape index (κ3) is 3.54. The van der Waals surface area contributed by atoms with Gasteiger partial charge in [0.1, 0.15) is 5.82 Å². The van der Waals surface area contributed by atoms with Crippen molar-refractivity contribution in [1.29, 1.82) is 0 Å². The standard InChI is InChI=1S/C18H15BrCl2FN3/c1-11(2)24-16(10-23-18(24)19)25(13-8-6-12(20)7-9-13)15-5-3-4-14(21)17(15)22/h3-11H,1-2H3. The molecule has 0 unspecified atom stereocenters. The van der Waals surface area contributed by atoms with Crippen LogP contribution in [0.3, 0.4) is 0 Å². The number of imidazole rings is 1. The molecule has 3 nitrogen and oxygen atoms in total. The highest BCUT2D eigenvalue weighted by Crippen LogP contribution is 2.40. The van der Waals surface area contributed by atoms with Crippen molar-refractivity contribution in [3.63, 3.8) is 0 Å². The summed E-state index contributed by atoms with van der Waals surface area (Å²) < 4.78 is 17.4. The second-order valence-electron chi connectivity index (χ2n) is 5.73. The summed E-state index contributed by atoms with van der Waals surface area (Å²) in [4.78, 5) is 6.11. The summed E-state index contributed by atoms with van der Waals surface area (Å²) in [6.45, 7) is 4.06. The van der Waals surface area contributed by atoms with Crippen LogP contribution in [0.1, 0.15) is 19.9 Å². The summed E-state index contributed by atoms with van der Waals surface area (Å²) in [5, 5.41) is 0.667. The van der Waals surface area contributed by atoms with Gasteiger partial charge in [-0.05, 0) is 66.2 Å². The number of anilines is 3. The largest absolute Gasteiger partial charge is 0.302 e. The Hall–Kier alpha value is -1.56. The van der Waals surface area contributed by atoms with Gasteiger partial charge in [0.05, 0.1) is 16.9 Å². The number of benzene rings is 2. The Balaban J connectivity index is 2.27. The molecule has 3 aromatic rings. The van der Waals surface area contributed by atoms with Gasteiger partial charge in [-0.25, -0.2) is 9.37 Å². The first kappa shape index (κ1) is 18.2. The molecule has 3 rings (SSSR count). The maximum Gasteiger partial charge on any atom is 0.178 e. The third-order valence-electron chi connectivity index (χ3n) is 3.73. The van der Waals surface area contributed by atoms with Crippen LogP contribution < -0.4 is 4.90 Å². The monoisotopic (exact) mass is 441 g/mol. The van der Waals surface area contributed by atoms with Crippen molar-refractivity contribution in [3.8, 4) is 0 Å². The predicted octanol–water partition coefficient (Wildman–Crippen LogP) is 7.14. The van der Waals surface area contributed by atoms with Gasteiger partial charge in [0.2, 0.25) is 0 Å². The van der Waals surface area contributed by atoms with E-state index in [9.17, 15) is 4.39 Å². The molecule has 0 fully saturated rings. The fourth-order valence-electron chi connectivity index (χ4n) is 2.62. The molecule has 0 N–H and O–H groups in total. The molecule has 1 heterocycles. The molecule has 0 radical (unpaired) electrons. The lowest BCUT2D eigenvalue weighted by Crippen LogP contribution is -2.17. The highest BCUT2D eigenvalue weighted by molar-refractivity contribution is 9.10. The Bertz CT molecular complexity index is 894. The van der Waals surface area contributed by atoms with Gasteiger partial charge in [0.25, 0.3) is 0 Å². The van der Waals surface area contributed by atoms with E-state index in [4.69, 9.17) is 23.2 Å². The van der Waals surface area contributed by atoms with Crippen LogP contribution in [0.15, 0.2) is 53.4 Å². The van der Waals surface area contributed by atoms with Crippen molar-refractivity contribution < 1.29 is 4.39 Å². The summed E-state index contributed by atoms with van der Waals surface area (Å²) in [7, 11) is 0. The van der Waals surface area contributed by atoms with E-state index in [1.165, 1.54) is 6.07 Å². The van der Waals surface area contributed by atoms with Crippen molar-refractivity contribution >= 4 is 56.3 Å². The summed E-state index contributed by atoms with van der Waals surface area (Å²) in [5.41, 5.74) is 1.09. The van der Waals surface area contributed by atoms with E-state index < -0.39 is 5.82 Å². The topological polar surface area (TPSA) is 21.1 Å². The smallest absolute Gasteiger partial charge is 0.178 e. The molecule has 0 saturated heterocycles. The SMILES string of the molecule is CC(C)n1c(N(c2ccc(Cl)cc2)c2cccc(Cl)c2F)cnc1Br. The number of halogens is 4. The minimum atomic E-state index is -0.494. The second kappa shape index (κ2) is 7.36.